The minimum absolute atomic E-state index is 0.0862. The zero-order valence-corrected chi connectivity index (χ0v) is 11.9. The van der Waals surface area contributed by atoms with Gasteiger partial charge in [-0.1, -0.05) is 31.9 Å². The van der Waals surface area contributed by atoms with Crippen LogP contribution in [0.1, 0.15) is 26.2 Å². The monoisotopic (exact) mass is 279 g/mol. The first-order valence-electron chi connectivity index (χ1n) is 6.74. The second kappa shape index (κ2) is 7.47. The molecule has 0 aliphatic rings. The van der Waals surface area contributed by atoms with Gasteiger partial charge in [0.1, 0.15) is 0 Å². The van der Waals surface area contributed by atoms with Gasteiger partial charge in [-0.2, -0.15) is 0 Å². The maximum absolute atomic E-state index is 12.2. The molecule has 0 aromatic carbocycles. The van der Waals surface area contributed by atoms with Gasteiger partial charge in [-0.05, 0) is 6.42 Å². The number of unbranched alkanes of at least 4 members (excludes halogenated alkanes) is 2. The third kappa shape index (κ3) is 3.26. The largest absolute Gasteiger partial charge is 0.336 e. The van der Waals surface area contributed by atoms with Crippen molar-refractivity contribution in [2.45, 2.75) is 45.8 Å². The number of aromatic nitrogens is 3. The first kappa shape index (κ1) is 15.9. The van der Waals surface area contributed by atoms with Gasteiger partial charge in [-0.25, -0.2) is 28.1 Å². The average Bonchev–Trinajstić information content (AvgIpc) is 2.43. The van der Waals surface area contributed by atoms with Crippen LogP contribution >= 0.6 is 0 Å². The lowest BCUT2D eigenvalue weighted by Crippen LogP contribution is -2.54. The summed E-state index contributed by atoms with van der Waals surface area (Å²) in [6.07, 6.45) is 5.56. The number of allylic oxidation sites excluding steroid dienone is 2. The van der Waals surface area contributed by atoms with Crippen molar-refractivity contribution in [2.24, 2.45) is 0 Å². The molecule has 0 bridgehead atoms. The fraction of sp³-hybridized carbons (Fsp3) is 0.500. The molecule has 1 heterocycles. The van der Waals surface area contributed by atoms with Gasteiger partial charge in [0.15, 0.2) is 0 Å². The first-order chi connectivity index (χ1) is 9.58. The van der Waals surface area contributed by atoms with E-state index in [9.17, 15) is 14.4 Å². The second-order valence-electron chi connectivity index (χ2n) is 4.51. The highest BCUT2D eigenvalue weighted by molar-refractivity contribution is 4.84. The van der Waals surface area contributed by atoms with E-state index in [-0.39, 0.29) is 13.1 Å². The van der Waals surface area contributed by atoms with Crippen LogP contribution in [0.5, 0.6) is 0 Å². The lowest BCUT2D eigenvalue weighted by atomic mass is 10.2. The van der Waals surface area contributed by atoms with E-state index in [1.807, 2.05) is 6.92 Å². The third-order valence-corrected chi connectivity index (χ3v) is 2.99. The molecule has 0 aliphatic heterocycles. The average molecular weight is 279 g/mol. The Morgan fingerprint density at radius 3 is 1.70 bits per heavy atom. The van der Waals surface area contributed by atoms with Crippen molar-refractivity contribution >= 4 is 0 Å². The molecule has 0 N–H and O–H groups in total. The van der Waals surface area contributed by atoms with Crippen molar-refractivity contribution in [3.63, 3.8) is 0 Å². The molecule has 0 unspecified atom stereocenters. The normalized spacial score (nSPS) is 10.4. The van der Waals surface area contributed by atoms with Gasteiger partial charge >= 0.3 is 17.1 Å². The van der Waals surface area contributed by atoms with Crippen LogP contribution in [0.15, 0.2) is 39.7 Å². The molecule has 0 aliphatic carbocycles. The van der Waals surface area contributed by atoms with E-state index in [0.29, 0.717) is 6.54 Å². The van der Waals surface area contributed by atoms with Gasteiger partial charge in [0.2, 0.25) is 0 Å². The van der Waals surface area contributed by atoms with Gasteiger partial charge in [-0.3, -0.25) is 0 Å². The summed E-state index contributed by atoms with van der Waals surface area (Å²) in [6.45, 7) is 9.58. The van der Waals surface area contributed by atoms with Gasteiger partial charge in [0, 0.05) is 6.54 Å². The lowest BCUT2D eigenvalue weighted by molar-refractivity contribution is 0.462. The predicted molar refractivity (Wildman–Crippen MR) is 79.1 cm³/mol. The number of hydrogen-bond acceptors (Lipinski definition) is 3. The molecule has 0 atom stereocenters. The Labute approximate surface area is 117 Å². The molecule has 20 heavy (non-hydrogen) atoms. The van der Waals surface area contributed by atoms with Crippen LogP contribution in [0.3, 0.4) is 0 Å². The van der Waals surface area contributed by atoms with Crippen LogP contribution in [0.4, 0.5) is 0 Å². The van der Waals surface area contributed by atoms with Crippen molar-refractivity contribution < 1.29 is 0 Å². The molecule has 1 aromatic heterocycles. The SMILES string of the molecule is C=CCn1c(=O)n(CC=C)c(=O)n(CCCCC)c1=O. The van der Waals surface area contributed by atoms with Crippen LogP contribution in [-0.4, -0.2) is 13.7 Å². The number of nitrogens with zero attached hydrogens (tertiary/aromatic N) is 3. The van der Waals surface area contributed by atoms with Crippen LogP contribution in [0.25, 0.3) is 0 Å². The Hall–Kier alpha value is -2.11. The van der Waals surface area contributed by atoms with E-state index in [1.54, 1.807) is 0 Å². The summed E-state index contributed by atoms with van der Waals surface area (Å²) in [7, 11) is 0. The standard InChI is InChI=1S/C14H21N3O3/c1-4-7-8-11-17-13(19)15(9-5-2)12(18)16(10-6-3)14(17)20/h5-6H,2-4,7-11H2,1H3. The Morgan fingerprint density at radius 2 is 1.30 bits per heavy atom. The van der Waals surface area contributed by atoms with Crippen molar-refractivity contribution in [3.8, 4) is 0 Å². The molecule has 6 heteroatoms. The number of hydrogen-bond donors (Lipinski definition) is 0. The van der Waals surface area contributed by atoms with Gasteiger partial charge in [-0.15, -0.1) is 13.2 Å². The van der Waals surface area contributed by atoms with E-state index < -0.39 is 17.1 Å². The van der Waals surface area contributed by atoms with Crippen molar-refractivity contribution in [1.29, 1.82) is 0 Å². The number of rotatable bonds is 8. The van der Waals surface area contributed by atoms with Crippen LogP contribution in [-0.2, 0) is 19.6 Å². The zero-order valence-electron chi connectivity index (χ0n) is 11.9. The highest BCUT2D eigenvalue weighted by Gasteiger charge is 2.13. The van der Waals surface area contributed by atoms with Crippen molar-refractivity contribution in [3.05, 3.63) is 56.8 Å². The highest BCUT2D eigenvalue weighted by atomic mass is 16.2. The summed E-state index contributed by atoms with van der Waals surface area (Å²) < 4.78 is 3.15. The summed E-state index contributed by atoms with van der Waals surface area (Å²) in [4.78, 5) is 36.5. The molecule has 0 amide bonds. The predicted octanol–water partition coefficient (Wildman–Crippen LogP) is 0.734. The molecule has 0 spiro atoms. The maximum Gasteiger partial charge on any atom is 0.336 e. The zero-order chi connectivity index (χ0) is 15.1. The van der Waals surface area contributed by atoms with Gasteiger partial charge < -0.3 is 0 Å². The highest BCUT2D eigenvalue weighted by Crippen LogP contribution is 1.94. The summed E-state index contributed by atoms with van der Waals surface area (Å²) in [5, 5.41) is 0. The minimum atomic E-state index is -0.619. The van der Waals surface area contributed by atoms with Gasteiger partial charge in [0.05, 0.1) is 13.1 Å². The lowest BCUT2D eigenvalue weighted by Gasteiger charge is -2.11. The molecule has 110 valence electrons. The molecule has 0 fully saturated rings. The molecular formula is C14H21N3O3. The van der Waals surface area contributed by atoms with Crippen LogP contribution in [0.2, 0.25) is 0 Å². The molecule has 0 saturated carbocycles. The molecule has 1 rings (SSSR count). The van der Waals surface area contributed by atoms with Gasteiger partial charge in [0.25, 0.3) is 0 Å². The van der Waals surface area contributed by atoms with Crippen molar-refractivity contribution in [2.75, 3.05) is 0 Å². The summed E-state index contributed by atoms with van der Waals surface area (Å²) in [5.41, 5.74) is -1.76. The summed E-state index contributed by atoms with van der Waals surface area (Å²) in [6, 6.07) is 0. The Balaban J connectivity index is 3.45. The van der Waals surface area contributed by atoms with E-state index >= 15 is 0 Å². The fourth-order valence-corrected chi connectivity index (χ4v) is 1.96. The van der Waals surface area contributed by atoms with E-state index in [4.69, 9.17) is 0 Å². The van der Waals surface area contributed by atoms with Crippen LogP contribution < -0.4 is 17.1 Å². The fourth-order valence-electron chi connectivity index (χ4n) is 1.96. The quantitative estimate of drug-likeness (QED) is 0.520. The Morgan fingerprint density at radius 1 is 0.850 bits per heavy atom. The topological polar surface area (TPSA) is 66.0 Å². The minimum Gasteiger partial charge on any atom is -0.247 e. The van der Waals surface area contributed by atoms with E-state index in [1.165, 1.54) is 12.2 Å². The molecule has 6 nitrogen and oxygen atoms in total. The summed E-state index contributed by atoms with van der Waals surface area (Å²) >= 11 is 0. The first-order valence-corrected chi connectivity index (χ1v) is 6.74. The summed E-state index contributed by atoms with van der Waals surface area (Å²) in [5.74, 6) is 0. The molecule has 1 aromatic rings. The molecule has 0 radical (unpaired) electrons. The Bertz CT molecular complexity index is 601. The molecular weight excluding hydrogens is 258 g/mol. The van der Waals surface area contributed by atoms with Crippen LogP contribution in [0, 0.1) is 0 Å². The van der Waals surface area contributed by atoms with Crippen molar-refractivity contribution in [1.82, 2.24) is 13.7 Å². The maximum atomic E-state index is 12.2. The molecule has 0 saturated heterocycles. The smallest absolute Gasteiger partial charge is 0.247 e. The Kier molecular flexibility index (Phi) is 5.96. The third-order valence-electron chi connectivity index (χ3n) is 2.99. The van der Waals surface area contributed by atoms with E-state index in [2.05, 4.69) is 13.2 Å². The second-order valence-corrected chi connectivity index (χ2v) is 4.51. The van der Waals surface area contributed by atoms with E-state index in [0.717, 1.165) is 33.0 Å².